The van der Waals surface area contributed by atoms with E-state index in [0.717, 1.165) is 55.0 Å². The fourth-order valence-corrected chi connectivity index (χ4v) is 4.60. The van der Waals surface area contributed by atoms with Crippen LogP contribution in [-0.4, -0.2) is 43.9 Å². The SMILES string of the molecule is CC(=O)N1CCc2[nH]nc(N3CCCc4cc(-c5cnn(C)c5)c(C)cc43)c2C1. The number of carbonyl (C=O) groups is 1. The second-order valence-electron chi connectivity index (χ2n) is 8.15. The lowest BCUT2D eigenvalue weighted by Gasteiger charge is -2.33. The van der Waals surface area contributed by atoms with Crippen molar-refractivity contribution in [2.45, 2.75) is 39.7 Å². The first-order valence-corrected chi connectivity index (χ1v) is 10.2. The topological polar surface area (TPSA) is 70.1 Å². The third-order valence-electron chi connectivity index (χ3n) is 6.17. The summed E-state index contributed by atoms with van der Waals surface area (Å²) in [6, 6.07) is 4.60. The van der Waals surface area contributed by atoms with Gasteiger partial charge in [0.2, 0.25) is 5.91 Å². The van der Waals surface area contributed by atoms with Gasteiger partial charge >= 0.3 is 0 Å². The van der Waals surface area contributed by atoms with Crippen molar-refractivity contribution in [1.29, 1.82) is 0 Å². The van der Waals surface area contributed by atoms with Gasteiger partial charge in [-0.3, -0.25) is 14.6 Å². The van der Waals surface area contributed by atoms with Crippen LogP contribution in [0.5, 0.6) is 0 Å². The molecule has 2 aliphatic heterocycles. The van der Waals surface area contributed by atoms with E-state index in [0.29, 0.717) is 6.54 Å². The van der Waals surface area contributed by atoms with Gasteiger partial charge < -0.3 is 9.80 Å². The Bertz CT molecular complexity index is 1090. The highest BCUT2D eigenvalue weighted by atomic mass is 16.2. The summed E-state index contributed by atoms with van der Waals surface area (Å²) in [6.45, 7) is 6.14. The lowest BCUT2D eigenvalue weighted by atomic mass is 9.93. The molecular weight excluding hydrogens is 364 g/mol. The largest absolute Gasteiger partial charge is 0.338 e. The minimum Gasteiger partial charge on any atom is -0.338 e. The summed E-state index contributed by atoms with van der Waals surface area (Å²) in [5, 5.41) is 12.2. The van der Waals surface area contributed by atoms with Crippen LogP contribution in [0.3, 0.4) is 0 Å². The molecule has 1 N–H and O–H groups in total. The standard InChI is InChI=1S/C22H26N6O/c1-14-9-21-16(10-18(14)17-11-23-26(3)12-17)5-4-7-28(21)22-19-13-27(15(2)29)8-6-20(19)24-25-22/h9-12H,4-8,13H2,1-3H3,(H,24,25). The van der Waals surface area contributed by atoms with E-state index in [-0.39, 0.29) is 5.91 Å². The molecule has 0 spiro atoms. The number of aromatic nitrogens is 4. The molecule has 5 rings (SSSR count). The number of carbonyl (C=O) groups excluding carboxylic acids is 1. The Kier molecular flexibility index (Phi) is 4.19. The maximum atomic E-state index is 11.9. The van der Waals surface area contributed by atoms with E-state index in [9.17, 15) is 4.79 Å². The average molecular weight is 390 g/mol. The van der Waals surface area contributed by atoms with Gasteiger partial charge in [-0.2, -0.15) is 10.2 Å². The van der Waals surface area contributed by atoms with Crippen LogP contribution in [0, 0.1) is 6.92 Å². The average Bonchev–Trinajstić information content (AvgIpc) is 3.32. The number of H-pyrrole nitrogens is 1. The van der Waals surface area contributed by atoms with Crippen LogP contribution >= 0.6 is 0 Å². The fraction of sp³-hybridized carbons (Fsp3) is 0.409. The minimum atomic E-state index is 0.124. The highest BCUT2D eigenvalue weighted by Gasteiger charge is 2.29. The van der Waals surface area contributed by atoms with Gasteiger partial charge in [-0.1, -0.05) is 0 Å². The van der Waals surface area contributed by atoms with Gasteiger partial charge in [0.1, 0.15) is 0 Å². The molecule has 0 aliphatic carbocycles. The molecule has 0 radical (unpaired) electrons. The number of hydrogen-bond acceptors (Lipinski definition) is 4. The molecule has 4 heterocycles. The lowest BCUT2D eigenvalue weighted by Crippen LogP contribution is -2.35. The fourth-order valence-electron chi connectivity index (χ4n) is 4.60. The van der Waals surface area contributed by atoms with Gasteiger partial charge in [-0.05, 0) is 48.6 Å². The molecule has 7 heteroatoms. The van der Waals surface area contributed by atoms with E-state index in [1.54, 1.807) is 6.92 Å². The Labute approximate surface area is 170 Å². The number of aryl methyl sites for hydroxylation is 3. The van der Waals surface area contributed by atoms with Crippen LogP contribution in [0.2, 0.25) is 0 Å². The summed E-state index contributed by atoms with van der Waals surface area (Å²) >= 11 is 0. The monoisotopic (exact) mass is 390 g/mol. The molecule has 3 aromatic rings. The van der Waals surface area contributed by atoms with Crippen molar-refractivity contribution in [3.63, 3.8) is 0 Å². The van der Waals surface area contributed by atoms with Crippen molar-refractivity contribution in [2.24, 2.45) is 7.05 Å². The first-order chi connectivity index (χ1) is 14.0. The number of anilines is 2. The third kappa shape index (κ3) is 3.01. The Balaban J connectivity index is 1.55. The number of amides is 1. The molecule has 0 fully saturated rings. The van der Waals surface area contributed by atoms with Crippen molar-refractivity contribution in [3.8, 4) is 11.1 Å². The van der Waals surface area contributed by atoms with Crippen molar-refractivity contribution in [1.82, 2.24) is 24.9 Å². The second-order valence-corrected chi connectivity index (χ2v) is 8.15. The van der Waals surface area contributed by atoms with Crippen LogP contribution < -0.4 is 4.90 Å². The minimum absolute atomic E-state index is 0.124. The van der Waals surface area contributed by atoms with Crippen molar-refractivity contribution < 1.29 is 4.79 Å². The number of aromatic amines is 1. The summed E-state index contributed by atoms with van der Waals surface area (Å²) in [5.74, 6) is 1.10. The van der Waals surface area contributed by atoms with Gasteiger partial charge in [0.05, 0.1) is 12.7 Å². The van der Waals surface area contributed by atoms with Crippen molar-refractivity contribution >= 4 is 17.4 Å². The zero-order valence-electron chi connectivity index (χ0n) is 17.2. The molecule has 0 unspecified atom stereocenters. The van der Waals surface area contributed by atoms with E-state index < -0.39 is 0 Å². The number of rotatable bonds is 2. The molecule has 1 aromatic carbocycles. The quantitative estimate of drug-likeness (QED) is 0.730. The molecule has 0 bridgehead atoms. The lowest BCUT2D eigenvalue weighted by molar-refractivity contribution is -0.129. The molecule has 1 amide bonds. The summed E-state index contributed by atoms with van der Waals surface area (Å²) in [4.78, 5) is 16.1. The summed E-state index contributed by atoms with van der Waals surface area (Å²) < 4.78 is 1.84. The summed E-state index contributed by atoms with van der Waals surface area (Å²) in [5.41, 5.74) is 8.53. The predicted octanol–water partition coefficient (Wildman–Crippen LogP) is 3.11. The Morgan fingerprint density at radius 1 is 1.21 bits per heavy atom. The van der Waals surface area contributed by atoms with E-state index in [2.05, 4.69) is 45.4 Å². The molecule has 29 heavy (non-hydrogen) atoms. The molecular formula is C22H26N6O. The molecule has 0 saturated heterocycles. The number of nitrogens with zero attached hydrogens (tertiary/aromatic N) is 5. The van der Waals surface area contributed by atoms with Crippen molar-refractivity contribution in [2.75, 3.05) is 18.0 Å². The number of hydrogen-bond donors (Lipinski definition) is 1. The van der Waals surface area contributed by atoms with Crippen LogP contribution in [0.25, 0.3) is 11.1 Å². The first-order valence-electron chi connectivity index (χ1n) is 10.2. The zero-order chi connectivity index (χ0) is 20.1. The highest BCUT2D eigenvalue weighted by molar-refractivity contribution is 5.77. The van der Waals surface area contributed by atoms with E-state index >= 15 is 0 Å². The Morgan fingerprint density at radius 2 is 2.07 bits per heavy atom. The Morgan fingerprint density at radius 3 is 2.83 bits per heavy atom. The van der Waals surface area contributed by atoms with Gasteiger partial charge in [0.25, 0.3) is 0 Å². The van der Waals surface area contributed by atoms with Crippen LogP contribution in [-0.2, 0) is 31.2 Å². The molecule has 0 atom stereocenters. The zero-order valence-corrected chi connectivity index (χ0v) is 17.2. The molecule has 2 aromatic heterocycles. The number of fused-ring (bicyclic) bond motifs is 2. The van der Waals surface area contributed by atoms with Gasteiger partial charge in [0, 0.05) is 62.2 Å². The van der Waals surface area contributed by atoms with E-state index in [4.69, 9.17) is 0 Å². The van der Waals surface area contributed by atoms with E-state index in [1.165, 1.54) is 22.4 Å². The van der Waals surface area contributed by atoms with Gasteiger partial charge in [0.15, 0.2) is 5.82 Å². The predicted molar refractivity (Wildman–Crippen MR) is 112 cm³/mol. The van der Waals surface area contributed by atoms with Gasteiger partial charge in [-0.25, -0.2) is 0 Å². The normalized spacial score (nSPS) is 16.0. The smallest absolute Gasteiger partial charge is 0.219 e. The first kappa shape index (κ1) is 18.0. The van der Waals surface area contributed by atoms with Gasteiger partial charge in [-0.15, -0.1) is 0 Å². The summed E-state index contributed by atoms with van der Waals surface area (Å²) in [6.07, 6.45) is 6.97. The number of benzene rings is 1. The van der Waals surface area contributed by atoms with Crippen molar-refractivity contribution in [3.05, 3.63) is 46.9 Å². The molecule has 150 valence electrons. The van der Waals surface area contributed by atoms with Crippen LogP contribution in [0.4, 0.5) is 11.5 Å². The number of nitrogens with one attached hydrogen (secondary N) is 1. The molecule has 2 aliphatic rings. The molecule has 0 saturated carbocycles. The van der Waals surface area contributed by atoms with E-state index in [1.807, 2.05) is 22.8 Å². The molecule has 7 nitrogen and oxygen atoms in total. The maximum absolute atomic E-state index is 11.9. The third-order valence-corrected chi connectivity index (χ3v) is 6.17. The highest BCUT2D eigenvalue weighted by Crippen LogP contribution is 2.39. The van der Waals surface area contributed by atoms with Crippen LogP contribution in [0.1, 0.15) is 35.7 Å². The van der Waals surface area contributed by atoms with Crippen LogP contribution in [0.15, 0.2) is 24.5 Å². The summed E-state index contributed by atoms with van der Waals surface area (Å²) in [7, 11) is 1.95. The second kappa shape index (κ2) is 6.76. The maximum Gasteiger partial charge on any atom is 0.219 e. The Hall–Kier alpha value is -3.09.